The first-order chi connectivity index (χ1) is 14.6. The summed E-state index contributed by atoms with van der Waals surface area (Å²) >= 11 is 1.36. The van der Waals surface area contributed by atoms with Gasteiger partial charge in [0, 0.05) is 30.5 Å². The lowest BCUT2D eigenvalue weighted by Crippen LogP contribution is -2.36. The van der Waals surface area contributed by atoms with Gasteiger partial charge in [0.25, 0.3) is 5.82 Å². The fourth-order valence-corrected chi connectivity index (χ4v) is 5.01. The summed E-state index contributed by atoms with van der Waals surface area (Å²) in [4.78, 5) is 8.49. The van der Waals surface area contributed by atoms with Gasteiger partial charge >= 0.3 is 0 Å². The van der Waals surface area contributed by atoms with Gasteiger partial charge in [-0.05, 0) is 31.7 Å². The van der Waals surface area contributed by atoms with Crippen molar-refractivity contribution < 1.29 is 4.73 Å². The molecule has 2 aromatic rings. The first-order valence-electron chi connectivity index (χ1n) is 10.1. The Balaban J connectivity index is 1.60. The molecule has 0 aromatic carbocycles. The Morgan fingerprint density at radius 2 is 1.67 bits per heavy atom. The van der Waals surface area contributed by atoms with Crippen LogP contribution in [0, 0.1) is 27.9 Å². The maximum atomic E-state index is 12.5. The Kier molecular flexibility index (Phi) is 5.82. The number of aromatic nitrogens is 2. The molecular formula is C21H23N7OS. The van der Waals surface area contributed by atoms with Crippen molar-refractivity contribution in [2.75, 3.05) is 41.7 Å². The van der Waals surface area contributed by atoms with Crippen molar-refractivity contribution in [1.29, 1.82) is 10.5 Å². The van der Waals surface area contributed by atoms with E-state index < -0.39 is 0 Å². The number of hydrogen-bond acceptors (Lipinski definition) is 8. The molecule has 0 atom stereocenters. The van der Waals surface area contributed by atoms with Gasteiger partial charge in [-0.1, -0.05) is 0 Å². The number of nitrogen functional groups attached to an aromatic ring is 1. The van der Waals surface area contributed by atoms with E-state index in [1.807, 2.05) is 12.1 Å². The summed E-state index contributed by atoms with van der Waals surface area (Å²) in [6.07, 6.45) is 5.85. The molecule has 2 fully saturated rings. The first-order valence-corrected chi connectivity index (χ1v) is 11.1. The van der Waals surface area contributed by atoms with Gasteiger partial charge in [0.2, 0.25) is 0 Å². The Labute approximate surface area is 180 Å². The summed E-state index contributed by atoms with van der Waals surface area (Å²) in [7, 11) is 0. The van der Waals surface area contributed by atoms with Gasteiger partial charge in [0.1, 0.15) is 34.1 Å². The number of hydrogen-bond donors (Lipinski definition) is 1. The fourth-order valence-electron chi connectivity index (χ4n) is 4.08. The summed E-state index contributed by atoms with van der Waals surface area (Å²) in [5.41, 5.74) is 8.15. The largest absolute Gasteiger partial charge is 0.711 e. The molecule has 9 heteroatoms. The molecule has 2 aromatic heterocycles. The third kappa shape index (κ3) is 3.81. The molecule has 2 aliphatic rings. The normalized spacial score (nSPS) is 15.9. The van der Waals surface area contributed by atoms with E-state index in [2.05, 4.69) is 26.9 Å². The maximum Gasteiger partial charge on any atom is 0.279 e. The van der Waals surface area contributed by atoms with Gasteiger partial charge in [0.05, 0.1) is 25.0 Å². The Hall–Kier alpha value is -3.17. The van der Waals surface area contributed by atoms with Crippen LogP contribution in [0.2, 0.25) is 0 Å². The maximum absolute atomic E-state index is 12.5. The molecule has 2 aliphatic heterocycles. The zero-order valence-electron chi connectivity index (χ0n) is 16.7. The van der Waals surface area contributed by atoms with Crippen molar-refractivity contribution in [3.63, 3.8) is 0 Å². The van der Waals surface area contributed by atoms with Crippen LogP contribution in [0.1, 0.15) is 42.4 Å². The van der Waals surface area contributed by atoms with Crippen molar-refractivity contribution in [1.82, 2.24) is 4.98 Å². The topological polar surface area (TPSA) is 120 Å². The van der Waals surface area contributed by atoms with Crippen LogP contribution in [-0.2, 0) is 5.75 Å². The molecule has 0 bridgehead atoms. The van der Waals surface area contributed by atoms with E-state index in [-0.39, 0.29) is 11.4 Å². The molecule has 0 spiro atoms. The van der Waals surface area contributed by atoms with E-state index in [0.29, 0.717) is 27.8 Å². The quantitative estimate of drug-likeness (QED) is 0.444. The summed E-state index contributed by atoms with van der Waals surface area (Å²) in [6, 6.07) is 8.15. The average Bonchev–Trinajstić information content (AvgIpc) is 3.46. The number of nitrogens with two attached hydrogens (primary N) is 1. The zero-order valence-corrected chi connectivity index (χ0v) is 17.5. The van der Waals surface area contributed by atoms with E-state index >= 15 is 0 Å². The van der Waals surface area contributed by atoms with Crippen molar-refractivity contribution in [3.05, 3.63) is 40.2 Å². The van der Waals surface area contributed by atoms with E-state index in [0.717, 1.165) is 62.2 Å². The van der Waals surface area contributed by atoms with Crippen LogP contribution in [-0.4, -0.2) is 31.2 Å². The standard InChI is InChI=1S/C21H23N7OS/c22-11-16-19(27-9-3-4-10-27)17(12-23)21(25-20(16)24)30-14-15-5-6-18(28(29)13-15)26-7-1-2-8-26/h5-6,13H,1-4,7-10,14H2,(H2,24,25). The predicted molar refractivity (Wildman–Crippen MR) is 116 cm³/mol. The van der Waals surface area contributed by atoms with Crippen LogP contribution in [0.5, 0.6) is 0 Å². The Morgan fingerprint density at radius 3 is 2.27 bits per heavy atom. The fraction of sp³-hybridized carbons (Fsp3) is 0.429. The number of pyridine rings is 2. The molecule has 8 nitrogen and oxygen atoms in total. The summed E-state index contributed by atoms with van der Waals surface area (Å²) < 4.78 is 0.919. The van der Waals surface area contributed by atoms with Crippen LogP contribution in [0.25, 0.3) is 0 Å². The van der Waals surface area contributed by atoms with Crippen molar-refractivity contribution in [2.45, 2.75) is 36.5 Å². The number of nitriles is 2. The third-order valence-electron chi connectivity index (χ3n) is 5.57. The van der Waals surface area contributed by atoms with Gasteiger partial charge < -0.3 is 15.8 Å². The second-order valence-electron chi connectivity index (χ2n) is 7.52. The number of anilines is 3. The molecule has 0 saturated carbocycles. The van der Waals surface area contributed by atoms with Crippen molar-refractivity contribution >= 4 is 29.1 Å². The number of rotatable bonds is 5. The van der Waals surface area contributed by atoms with Gasteiger partial charge in [-0.3, -0.25) is 4.90 Å². The highest BCUT2D eigenvalue weighted by atomic mass is 32.2. The van der Waals surface area contributed by atoms with Crippen LogP contribution >= 0.6 is 11.8 Å². The third-order valence-corrected chi connectivity index (χ3v) is 6.62. The lowest BCUT2D eigenvalue weighted by molar-refractivity contribution is -0.592. The Morgan fingerprint density at radius 1 is 1.03 bits per heavy atom. The van der Waals surface area contributed by atoms with Crippen LogP contribution in [0.15, 0.2) is 23.4 Å². The lowest BCUT2D eigenvalue weighted by atomic mass is 10.1. The molecule has 0 amide bonds. The molecular weight excluding hydrogens is 398 g/mol. The monoisotopic (exact) mass is 421 g/mol. The molecule has 154 valence electrons. The lowest BCUT2D eigenvalue weighted by Gasteiger charge is -2.22. The molecule has 2 N–H and O–H groups in total. The van der Waals surface area contributed by atoms with Crippen LogP contribution in [0.3, 0.4) is 0 Å². The predicted octanol–water partition coefficient (Wildman–Crippen LogP) is 2.53. The highest BCUT2D eigenvalue weighted by molar-refractivity contribution is 7.98. The smallest absolute Gasteiger partial charge is 0.279 e. The summed E-state index contributed by atoms with van der Waals surface area (Å²) in [5.74, 6) is 1.30. The van der Waals surface area contributed by atoms with Crippen LogP contribution < -0.4 is 20.3 Å². The highest BCUT2D eigenvalue weighted by Gasteiger charge is 2.26. The second kappa shape index (κ2) is 8.68. The minimum Gasteiger partial charge on any atom is -0.711 e. The van der Waals surface area contributed by atoms with E-state index in [9.17, 15) is 15.7 Å². The highest BCUT2D eigenvalue weighted by Crippen LogP contribution is 2.37. The molecule has 2 saturated heterocycles. The number of nitrogens with zero attached hydrogens (tertiary/aromatic N) is 6. The molecule has 0 radical (unpaired) electrons. The van der Waals surface area contributed by atoms with Gasteiger partial charge in [-0.25, -0.2) is 9.71 Å². The van der Waals surface area contributed by atoms with Gasteiger partial charge in [0.15, 0.2) is 0 Å². The Bertz CT molecular complexity index is 1030. The molecule has 0 unspecified atom stereocenters. The van der Waals surface area contributed by atoms with E-state index in [4.69, 9.17) is 5.73 Å². The second-order valence-corrected chi connectivity index (χ2v) is 8.49. The van der Waals surface area contributed by atoms with Crippen LogP contribution in [0.4, 0.5) is 17.3 Å². The van der Waals surface area contributed by atoms with Gasteiger partial charge in [-0.15, -0.1) is 11.8 Å². The molecule has 4 heterocycles. The van der Waals surface area contributed by atoms with E-state index in [1.165, 1.54) is 11.8 Å². The van der Waals surface area contributed by atoms with Crippen molar-refractivity contribution in [2.24, 2.45) is 0 Å². The molecule has 30 heavy (non-hydrogen) atoms. The van der Waals surface area contributed by atoms with Gasteiger partial charge in [-0.2, -0.15) is 10.5 Å². The zero-order chi connectivity index (χ0) is 21.1. The SMILES string of the molecule is N#Cc1c(N)nc(SCc2ccc(N3CCCC3)[n+]([O-])c2)c(C#N)c1N1CCCC1. The average molecular weight is 422 g/mol. The van der Waals surface area contributed by atoms with E-state index in [1.54, 1.807) is 6.20 Å². The molecule has 0 aliphatic carbocycles. The number of thioether (sulfide) groups is 1. The minimum atomic E-state index is 0.143. The summed E-state index contributed by atoms with van der Waals surface area (Å²) in [5, 5.41) is 32.4. The summed E-state index contributed by atoms with van der Waals surface area (Å²) in [6.45, 7) is 3.42. The molecule has 4 rings (SSSR count). The minimum absolute atomic E-state index is 0.143. The first kappa shape index (κ1) is 20.1. The van der Waals surface area contributed by atoms with Crippen molar-refractivity contribution in [3.8, 4) is 12.1 Å².